The molecule has 0 aromatic heterocycles. The van der Waals surface area contributed by atoms with Gasteiger partial charge >= 0.3 is 0 Å². The van der Waals surface area contributed by atoms with Crippen LogP contribution in [-0.4, -0.2) is 28.7 Å². The Labute approximate surface area is 202 Å². The Morgan fingerprint density at radius 1 is 0.758 bits per heavy atom. The highest BCUT2D eigenvalue weighted by Crippen LogP contribution is 2.78. The Morgan fingerprint density at radius 3 is 2.09 bits per heavy atom. The van der Waals surface area contributed by atoms with Gasteiger partial charge in [-0.05, 0) is 110 Å². The van der Waals surface area contributed by atoms with Gasteiger partial charge in [-0.2, -0.15) is 0 Å². The third-order valence-corrected chi connectivity index (χ3v) is 13.8. The molecule has 11 atom stereocenters. The molecule has 0 radical (unpaired) electrons. The van der Waals surface area contributed by atoms with Crippen molar-refractivity contribution < 1.29 is 15.0 Å². The molecule has 2 N–H and O–H groups in total. The minimum atomic E-state index is -0.451. The lowest BCUT2D eigenvalue weighted by atomic mass is 9.29. The zero-order valence-electron chi connectivity index (χ0n) is 22.4. The van der Waals surface area contributed by atoms with Crippen molar-refractivity contribution in [3.8, 4) is 0 Å². The topological polar surface area (TPSA) is 57.5 Å². The van der Waals surface area contributed by atoms with Crippen molar-refractivity contribution in [3.05, 3.63) is 0 Å². The molecule has 3 heteroatoms. The van der Waals surface area contributed by atoms with Crippen molar-refractivity contribution in [3.63, 3.8) is 0 Å². The molecule has 188 valence electrons. The van der Waals surface area contributed by atoms with E-state index in [2.05, 4.69) is 48.5 Å². The zero-order chi connectivity index (χ0) is 24.2. The first-order valence-corrected chi connectivity index (χ1v) is 14.0. The van der Waals surface area contributed by atoms with Gasteiger partial charge in [0.05, 0.1) is 12.2 Å². The van der Waals surface area contributed by atoms with Gasteiger partial charge in [0.25, 0.3) is 0 Å². The van der Waals surface area contributed by atoms with Crippen LogP contribution < -0.4 is 0 Å². The van der Waals surface area contributed by atoms with Gasteiger partial charge in [-0.25, -0.2) is 0 Å². The fourth-order valence-electron chi connectivity index (χ4n) is 11.2. The molecule has 5 aliphatic carbocycles. The van der Waals surface area contributed by atoms with Crippen molar-refractivity contribution in [2.75, 3.05) is 0 Å². The van der Waals surface area contributed by atoms with Gasteiger partial charge < -0.3 is 15.0 Å². The molecular formula is C30H50O3. The number of hydrogen-bond donors (Lipinski definition) is 2. The first-order valence-electron chi connectivity index (χ1n) is 14.0. The van der Waals surface area contributed by atoms with Gasteiger partial charge in [-0.1, -0.05) is 48.5 Å². The maximum absolute atomic E-state index is 13.2. The normalized spacial score (nSPS) is 60.0. The van der Waals surface area contributed by atoms with Crippen LogP contribution in [0, 0.1) is 56.2 Å². The standard InChI is InChI=1S/C30H50O3/c1-19-20(32)8-9-21-27(19,5)11-10-22-28(6)15-14-26(4)13-12-25(2,3)16-23(26)29(28,7)24(33)17-30(21,22)18-31/h18-24,32-33H,8-17H2,1-7H3/t19-,20-,21?,22?,23?,24-,26+,27+,28+,29+,30+/m0/s1. The number of rotatable bonds is 1. The number of aliphatic hydroxyl groups is 2. The zero-order valence-corrected chi connectivity index (χ0v) is 22.4. The third-order valence-electron chi connectivity index (χ3n) is 13.8. The molecule has 0 spiro atoms. The summed E-state index contributed by atoms with van der Waals surface area (Å²) >= 11 is 0. The van der Waals surface area contributed by atoms with Crippen LogP contribution in [0.5, 0.6) is 0 Å². The van der Waals surface area contributed by atoms with Crippen LogP contribution in [0.25, 0.3) is 0 Å². The molecule has 5 saturated carbocycles. The van der Waals surface area contributed by atoms with E-state index in [1.807, 2.05) is 0 Å². The van der Waals surface area contributed by atoms with Crippen molar-refractivity contribution in [1.82, 2.24) is 0 Å². The summed E-state index contributed by atoms with van der Waals surface area (Å²) in [6, 6.07) is 0. The van der Waals surface area contributed by atoms with E-state index in [1.54, 1.807) is 0 Å². The van der Waals surface area contributed by atoms with Crippen molar-refractivity contribution in [2.45, 2.75) is 125 Å². The van der Waals surface area contributed by atoms with Crippen LogP contribution in [0.15, 0.2) is 0 Å². The van der Waals surface area contributed by atoms with E-state index < -0.39 is 11.5 Å². The average molecular weight is 459 g/mol. The van der Waals surface area contributed by atoms with Gasteiger partial charge in [-0.3, -0.25) is 0 Å². The van der Waals surface area contributed by atoms with Gasteiger partial charge in [0.15, 0.2) is 0 Å². The van der Waals surface area contributed by atoms with Crippen LogP contribution in [0.2, 0.25) is 0 Å². The molecule has 5 aliphatic rings. The summed E-state index contributed by atoms with van der Waals surface area (Å²) in [6.45, 7) is 16.8. The Hall–Kier alpha value is -0.410. The molecule has 0 bridgehead atoms. The lowest BCUT2D eigenvalue weighted by Gasteiger charge is -2.75. The number of fused-ring (bicyclic) bond motifs is 7. The predicted molar refractivity (Wildman–Crippen MR) is 133 cm³/mol. The van der Waals surface area contributed by atoms with E-state index in [4.69, 9.17) is 0 Å². The number of carbonyl (C=O) groups is 1. The minimum absolute atomic E-state index is 0.0189. The lowest BCUT2D eigenvalue weighted by molar-refractivity contribution is -0.291. The molecular weight excluding hydrogens is 408 g/mol. The van der Waals surface area contributed by atoms with E-state index in [9.17, 15) is 15.0 Å². The molecule has 0 amide bonds. The SMILES string of the molecule is C[C@H]1[C@@H](O)CCC2[C@]3(C=O)C[C@H](O)[C@@]4(C)C5CC(C)(C)CC[C@]5(C)CC[C@]4(C)C3CC[C@@]21C. The first kappa shape index (κ1) is 24.3. The van der Waals surface area contributed by atoms with Crippen LogP contribution in [-0.2, 0) is 4.79 Å². The Morgan fingerprint density at radius 2 is 1.42 bits per heavy atom. The van der Waals surface area contributed by atoms with Gasteiger partial charge in [0.1, 0.15) is 6.29 Å². The molecule has 0 saturated heterocycles. The summed E-state index contributed by atoms with van der Waals surface area (Å²) in [5.74, 6) is 1.33. The number of hydrogen-bond acceptors (Lipinski definition) is 3. The van der Waals surface area contributed by atoms with Crippen LogP contribution in [0.4, 0.5) is 0 Å². The second-order valence-electron chi connectivity index (χ2n) is 15.3. The number of aliphatic hydroxyl groups excluding tert-OH is 2. The van der Waals surface area contributed by atoms with Crippen molar-refractivity contribution in [1.29, 1.82) is 0 Å². The fraction of sp³-hybridized carbons (Fsp3) is 0.967. The van der Waals surface area contributed by atoms with Crippen LogP contribution in [0.3, 0.4) is 0 Å². The maximum atomic E-state index is 13.2. The summed E-state index contributed by atoms with van der Waals surface area (Å²) in [7, 11) is 0. The summed E-state index contributed by atoms with van der Waals surface area (Å²) in [4.78, 5) is 13.2. The smallest absolute Gasteiger partial charge is 0.126 e. The molecule has 3 nitrogen and oxygen atoms in total. The largest absolute Gasteiger partial charge is 0.393 e. The highest BCUT2D eigenvalue weighted by atomic mass is 16.3. The third kappa shape index (κ3) is 2.85. The van der Waals surface area contributed by atoms with Gasteiger partial charge in [-0.15, -0.1) is 0 Å². The van der Waals surface area contributed by atoms with Crippen molar-refractivity contribution in [2.24, 2.45) is 56.2 Å². The minimum Gasteiger partial charge on any atom is -0.393 e. The van der Waals surface area contributed by atoms with E-state index >= 15 is 0 Å². The molecule has 0 aliphatic heterocycles. The number of carbonyl (C=O) groups excluding carboxylic acids is 1. The fourth-order valence-corrected chi connectivity index (χ4v) is 11.2. The Bertz CT molecular complexity index is 821. The van der Waals surface area contributed by atoms with Gasteiger partial charge in [0.2, 0.25) is 0 Å². The second-order valence-corrected chi connectivity index (χ2v) is 15.3. The highest BCUT2D eigenvalue weighted by Gasteiger charge is 2.74. The molecule has 0 heterocycles. The molecule has 0 aromatic carbocycles. The summed E-state index contributed by atoms with van der Waals surface area (Å²) < 4.78 is 0. The lowest BCUT2D eigenvalue weighted by Crippen LogP contribution is -2.72. The number of aldehydes is 1. The average Bonchev–Trinajstić information content (AvgIpc) is 2.75. The summed E-state index contributed by atoms with van der Waals surface area (Å²) in [5.41, 5.74) is -0.0167. The Kier molecular flexibility index (Phi) is 5.22. The highest BCUT2D eigenvalue weighted by molar-refractivity contribution is 5.63. The predicted octanol–water partition coefficient (Wildman–Crippen LogP) is 6.40. The second kappa shape index (κ2) is 7.09. The molecule has 5 fully saturated rings. The molecule has 33 heavy (non-hydrogen) atoms. The van der Waals surface area contributed by atoms with Crippen LogP contribution in [0.1, 0.15) is 113 Å². The summed E-state index contributed by atoms with van der Waals surface area (Å²) in [5, 5.41) is 22.9. The quantitative estimate of drug-likeness (QED) is 0.447. The molecule has 0 aromatic rings. The van der Waals surface area contributed by atoms with E-state index in [1.165, 1.54) is 32.0 Å². The first-order chi connectivity index (χ1) is 15.2. The van der Waals surface area contributed by atoms with Crippen LogP contribution >= 0.6 is 0 Å². The molecule has 3 unspecified atom stereocenters. The van der Waals surface area contributed by atoms with Gasteiger partial charge in [0, 0.05) is 10.8 Å². The summed E-state index contributed by atoms with van der Waals surface area (Å²) in [6.07, 6.45) is 11.2. The maximum Gasteiger partial charge on any atom is 0.126 e. The van der Waals surface area contributed by atoms with E-state index in [0.717, 1.165) is 32.1 Å². The Balaban J connectivity index is 1.62. The molecule has 5 rings (SSSR count). The van der Waals surface area contributed by atoms with E-state index in [0.29, 0.717) is 29.1 Å². The monoisotopic (exact) mass is 458 g/mol. The van der Waals surface area contributed by atoms with Crippen molar-refractivity contribution >= 4 is 6.29 Å². The van der Waals surface area contributed by atoms with E-state index in [-0.39, 0.29) is 34.2 Å².